The van der Waals surface area contributed by atoms with Crippen molar-refractivity contribution < 1.29 is 0 Å². The molecular formula is C46H29NS. The van der Waals surface area contributed by atoms with Gasteiger partial charge in [-0.1, -0.05) is 146 Å². The summed E-state index contributed by atoms with van der Waals surface area (Å²) in [5, 5.41) is 12.7. The molecule has 0 bridgehead atoms. The van der Waals surface area contributed by atoms with Crippen LogP contribution in [0, 0.1) is 0 Å². The molecule has 2 heteroatoms. The van der Waals surface area contributed by atoms with Crippen molar-refractivity contribution in [2.75, 3.05) is 4.90 Å². The molecule has 0 aliphatic carbocycles. The van der Waals surface area contributed by atoms with Gasteiger partial charge < -0.3 is 4.90 Å². The quantitative estimate of drug-likeness (QED) is 0.176. The average Bonchev–Trinajstić information content (AvgIpc) is 3.54. The highest BCUT2D eigenvalue weighted by Crippen LogP contribution is 2.48. The number of anilines is 3. The topological polar surface area (TPSA) is 3.24 Å². The number of benzene rings is 9. The van der Waals surface area contributed by atoms with Gasteiger partial charge in [-0.05, 0) is 79.2 Å². The first kappa shape index (κ1) is 27.2. The van der Waals surface area contributed by atoms with E-state index in [0.717, 1.165) is 5.69 Å². The highest BCUT2D eigenvalue weighted by molar-refractivity contribution is 7.26. The largest absolute Gasteiger partial charge is 0.308 e. The number of fused-ring (bicyclic) bond motifs is 9. The van der Waals surface area contributed by atoms with Crippen LogP contribution in [0.2, 0.25) is 0 Å². The molecule has 1 aromatic heterocycles. The van der Waals surface area contributed by atoms with E-state index in [4.69, 9.17) is 0 Å². The smallest absolute Gasteiger partial charge is 0.0640 e. The number of nitrogens with zero attached hydrogens (tertiary/aromatic N) is 1. The predicted octanol–water partition coefficient (Wildman–Crippen LogP) is 13.8. The molecule has 0 unspecified atom stereocenters. The second-order valence-corrected chi connectivity index (χ2v) is 13.5. The Morgan fingerprint density at radius 1 is 0.354 bits per heavy atom. The van der Waals surface area contributed by atoms with Gasteiger partial charge in [-0.15, -0.1) is 11.3 Å². The maximum absolute atomic E-state index is 2.49. The minimum Gasteiger partial charge on any atom is -0.308 e. The molecule has 10 rings (SSSR count). The van der Waals surface area contributed by atoms with Crippen molar-refractivity contribution in [1.82, 2.24) is 0 Å². The molecule has 48 heavy (non-hydrogen) atoms. The maximum Gasteiger partial charge on any atom is 0.0640 e. The molecule has 1 nitrogen and oxygen atoms in total. The molecule has 0 aliphatic heterocycles. The summed E-state index contributed by atoms with van der Waals surface area (Å²) < 4.78 is 2.60. The van der Waals surface area contributed by atoms with Gasteiger partial charge in [0.05, 0.1) is 16.1 Å². The Hall–Kier alpha value is -5.96. The second kappa shape index (κ2) is 10.8. The lowest BCUT2D eigenvalue weighted by Crippen LogP contribution is -2.11. The molecule has 0 atom stereocenters. The van der Waals surface area contributed by atoms with Crippen LogP contribution in [0.4, 0.5) is 17.1 Å². The molecule has 10 aromatic rings. The van der Waals surface area contributed by atoms with E-state index in [1.165, 1.54) is 85.8 Å². The third-order valence-electron chi connectivity index (χ3n) is 9.84. The van der Waals surface area contributed by atoms with Gasteiger partial charge in [-0.3, -0.25) is 0 Å². The minimum absolute atomic E-state index is 1.13. The summed E-state index contributed by atoms with van der Waals surface area (Å²) in [5.41, 5.74) is 5.97. The Kier molecular flexibility index (Phi) is 6.12. The predicted molar refractivity (Wildman–Crippen MR) is 209 cm³/mol. The first-order chi connectivity index (χ1) is 23.8. The normalized spacial score (nSPS) is 11.8. The monoisotopic (exact) mass is 627 g/mol. The zero-order valence-electron chi connectivity index (χ0n) is 26.1. The molecule has 9 aromatic carbocycles. The van der Waals surface area contributed by atoms with Crippen molar-refractivity contribution >= 4 is 91.7 Å². The van der Waals surface area contributed by atoms with Crippen LogP contribution in [-0.2, 0) is 0 Å². The summed E-state index contributed by atoms with van der Waals surface area (Å²) in [6, 6.07) is 64.5. The number of rotatable bonds is 4. The van der Waals surface area contributed by atoms with Crippen molar-refractivity contribution in [3.63, 3.8) is 0 Å². The van der Waals surface area contributed by atoms with Crippen molar-refractivity contribution in [3.8, 4) is 11.1 Å². The minimum atomic E-state index is 1.13. The molecule has 0 fully saturated rings. The lowest BCUT2D eigenvalue weighted by molar-refractivity contribution is 1.32. The van der Waals surface area contributed by atoms with E-state index in [2.05, 4.69) is 181 Å². The average molecular weight is 628 g/mol. The van der Waals surface area contributed by atoms with Gasteiger partial charge in [0.1, 0.15) is 0 Å². The molecule has 0 radical (unpaired) electrons. The Labute approximate surface area is 282 Å². The van der Waals surface area contributed by atoms with Gasteiger partial charge in [-0.25, -0.2) is 0 Å². The van der Waals surface area contributed by atoms with Gasteiger partial charge in [0.15, 0.2) is 0 Å². The summed E-state index contributed by atoms with van der Waals surface area (Å²) in [4.78, 5) is 2.49. The third kappa shape index (κ3) is 4.17. The van der Waals surface area contributed by atoms with E-state index >= 15 is 0 Å². The van der Waals surface area contributed by atoms with E-state index in [1.54, 1.807) is 0 Å². The molecule has 0 amide bonds. The van der Waals surface area contributed by atoms with Crippen molar-refractivity contribution in [1.29, 1.82) is 0 Å². The molecule has 0 aliphatic rings. The van der Waals surface area contributed by atoms with Crippen molar-refractivity contribution in [2.24, 2.45) is 0 Å². The Bertz CT molecular complexity index is 2840. The Morgan fingerprint density at radius 2 is 0.958 bits per heavy atom. The maximum atomic E-state index is 2.49. The van der Waals surface area contributed by atoms with Gasteiger partial charge >= 0.3 is 0 Å². The molecule has 0 saturated heterocycles. The van der Waals surface area contributed by atoms with E-state index in [-0.39, 0.29) is 0 Å². The lowest BCUT2D eigenvalue weighted by Gasteiger charge is -2.28. The molecule has 0 saturated carbocycles. The van der Waals surface area contributed by atoms with Crippen LogP contribution in [0.1, 0.15) is 0 Å². The van der Waals surface area contributed by atoms with Crippen LogP contribution in [-0.4, -0.2) is 0 Å². The van der Waals surface area contributed by atoms with Crippen LogP contribution < -0.4 is 4.90 Å². The Morgan fingerprint density at radius 3 is 1.79 bits per heavy atom. The Balaban J connectivity index is 1.27. The van der Waals surface area contributed by atoms with Gasteiger partial charge in [0, 0.05) is 26.5 Å². The van der Waals surface area contributed by atoms with E-state index in [0.29, 0.717) is 0 Å². The fourth-order valence-electron chi connectivity index (χ4n) is 7.61. The van der Waals surface area contributed by atoms with Gasteiger partial charge in [0.2, 0.25) is 0 Å². The van der Waals surface area contributed by atoms with Crippen LogP contribution >= 0.6 is 11.3 Å². The summed E-state index contributed by atoms with van der Waals surface area (Å²) in [7, 11) is 0. The van der Waals surface area contributed by atoms with Crippen LogP contribution in [0.25, 0.3) is 74.4 Å². The highest BCUT2D eigenvalue weighted by Gasteiger charge is 2.21. The van der Waals surface area contributed by atoms with Crippen LogP contribution in [0.15, 0.2) is 176 Å². The number of thiophene rings is 1. The third-order valence-corrected chi connectivity index (χ3v) is 11.0. The summed E-state index contributed by atoms with van der Waals surface area (Å²) in [5.74, 6) is 0. The van der Waals surface area contributed by atoms with Crippen molar-refractivity contribution in [3.05, 3.63) is 176 Å². The lowest BCUT2D eigenvalue weighted by atomic mass is 9.94. The van der Waals surface area contributed by atoms with Crippen molar-refractivity contribution in [2.45, 2.75) is 0 Å². The molecule has 0 spiro atoms. The standard InChI is InChI=1S/C46H29NS/c1-3-14-34-30(11-1)13-9-19-35(34)32-23-26-33(27-24-32)47(43-21-10-20-41-40-18-7-8-22-45(40)48-46(41)43)44-29-42-36-15-4-2-12-31(36)25-28-38(42)37-16-5-6-17-39(37)44/h1-29H. The summed E-state index contributed by atoms with van der Waals surface area (Å²) >= 11 is 1.88. The first-order valence-electron chi connectivity index (χ1n) is 16.4. The number of hydrogen-bond donors (Lipinski definition) is 0. The first-order valence-corrected chi connectivity index (χ1v) is 17.3. The van der Waals surface area contributed by atoms with E-state index in [1.807, 2.05) is 11.3 Å². The fraction of sp³-hybridized carbons (Fsp3) is 0. The number of hydrogen-bond acceptors (Lipinski definition) is 2. The van der Waals surface area contributed by atoms with E-state index < -0.39 is 0 Å². The molecule has 0 N–H and O–H groups in total. The summed E-state index contributed by atoms with van der Waals surface area (Å²) in [6.45, 7) is 0. The molecule has 224 valence electrons. The SMILES string of the molecule is c1ccc2c(-c3ccc(N(c4cc5c6ccccc6ccc5c5ccccc45)c4cccc5c4sc4ccccc45)cc3)cccc2c1. The van der Waals surface area contributed by atoms with Gasteiger partial charge in [0.25, 0.3) is 0 Å². The van der Waals surface area contributed by atoms with Gasteiger partial charge in [-0.2, -0.15) is 0 Å². The van der Waals surface area contributed by atoms with Crippen LogP contribution in [0.5, 0.6) is 0 Å². The van der Waals surface area contributed by atoms with Crippen LogP contribution in [0.3, 0.4) is 0 Å². The van der Waals surface area contributed by atoms with E-state index in [9.17, 15) is 0 Å². The second-order valence-electron chi connectivity index (χ2n) is 12.5. The zero-order chi connectivity index (χ0) is 31.6. The molecular weight excluding hydrogens is 599 g/mol. The highest BCUT2D eigenvalue weighted by atomic mass is 32.1. The molecule has 1 heterocycles. The summed E-state index contributed by atoms with van der Waals surface area (Å²) in [6.07, 6.45) is 0. The zero-order valence-corrected chi connectivity index (χ0v) is 26.9. The fourth-order valence-corrected chi connectivity index (χ4v) is 8.82.